The summed E-state index contributed by atoms with van der Waals surface area (Å²) < 4.78 is 10.6. The van der Waals surface area contributed by atoms with Crippen LogP contribution >= 0.6 is 35.4 Å². The number of morpholine rings is 1. The number of hydrogen-bond acceptors (Lipinski definition) is 6. The Morgan fingerprint density at radius 1 is 1.18 bits per heavy atom. The first-order valence-electron chi connectivity index (χ1n) is 8.19. The van der Waals surface area contributed by atoms with E-state index in [1.54, 1.807) is 12.1 Å². The van der Waals surface area contributed by atoms with Crippen LogP contribution in [-0.4, -0.2) is 47.1 Å². The number of esters is 1. The molecule has 146 valence electrons. The van der Waals surface area contributed by atoms with Gasteiger partial charge in [-0.05, 0) is 30.3 Å². The van der Waals surface area contributed by atoms with Crippen molar-refractivity contribution >= 4 is 52.1 Å². The van der Waals surface area contributed by atoms with E-state index >= 15 is 0 Å². The molecular formula is C18H14Cl2N2O5S. The molecule has 0 amide bonds. The second-order valence-electron chi connectivity index (χ2n) is 5.86. The van der Waals surface area contributed by atoms with Crippen molar-refractivity contribution in [1.29, 1.82) is 0 Å². The number of nitrogens with zero attached hydrogens (tertiary/aromatic N) is 2. The smallest absolute Gasteiger partial charge is 0.350 e. The molecule has 0 aromatic heterocycles. The van der Waals surface area contributed by atoms with Crippen molar-refractivity contribution in [3.05, 3.63) is 67.7 Å². The van der Waals surface area contributed by atoms with Crippen LogP contribution in [0, 0.1) is 10.1 Å². The standard InChI is InChI=1S/C18H14Cl2N2O5S/c19-12-2-3-13(15(10-12)22(24)25)18(23)27-16-4-1-11(9-14(16)20)17(28)21-5-7-26-8-6-21/h1-4,9-10H,5-8H2. The summed E-state index contributed by atoms with van der Waals surface area (Å²) in [6.07, 6.45) is 0. The van der Waals surface area contributed by atoms with Crippen molar-refractivity contribution in [2.45, 2.75) is 0 Å². The summed E-state index contributed by atoms with van der Waals surface area (Å²) in [4.78, 5) is 25.5. The fraction of sp³-hybridized carbons (Fsp3) is 0.222. The van der Waals surface area contributed by atoms with Gasteiger partial charge in [0.1, 0.15) is 16.3 Å². The summed E-state index contributed by atoms with van der Waals surface area (Å²) in [5, 5.41) is 11.5. The molecule has 0 radical (unpaired) electrons. The van der Waals surface area contributed by atoms with Crippen LogP contribution in [0.3, 0.4) is 0 Å². The van der Waals surface area contributed by atoms with Crippen molar-refractivity contribution in [1.82, 2.24) is 4.90 Å². The van der Waals surface area contributed by atoms with Gasteiger partial charge in [0.25, 0.3) is 5.69 Å². The molecule has 1 fully saturated rings. The number of carbonyl (C=O) groups excluding carboxylic acids is 1. The number of hydrogen-bond donors (Lipinski definition) is 0. The third-order valence-electron chi connectivity index (χ3n) is 4.06. The summed E-state index contributed by atoms with van der Waals surface area (Å²) in [5.41, 5.74) is 0.0382. The van der Waals surface area contributed by atoms with Gasteiger partial charge in [-0.2, -0.15) is 0 Å². The Morgan fingerprint density at radius 3 is 2.54 bits per heavy atom. The van der Waals surface area contributed by atoms with E-state index < -0.39 is 16.6 Å². The molecule has 0 spiro atoms. The van der Waals surface area contributed by atoms with Crippen molar-refractivity contribution in [2.75, 3.05) is 26.3 Å². The van der Waals surface area contributed by atoms with Gasteiger partial charge in [-0.3, -0.25) is 10.1 Å². The first kappa shape index (κ1) is 20.5. The number of nitro groups is 1. The molecule has 1 saturated heterocycles. The van der Waals surface area contributed by atoms with Crippen molar-refractivity contribution in [2.24, 2.45) is 0 Å². The molecule has 0 saturated carbocycles. The number of ether oxygens (including phenoxy) is 2. The second-order valence-corrected chi connectivity index (χ2v) is 7.09. The van der Waals surface area contributed by atoms with Crippen LogP contribution in [0.15, 0.2) is 36.4 Å². The maximum absolute atomic E-state index is 12.4. The molecule has 28 heavy (non-hydrogen) atoms. The predicted molar refractivity (Wildman–Crippen MR) is 109 cm³/mol. The van der Waals surface area contributed by atoms with Crippen LogP contribution in [0.4, 0.5) is 5.69 Å². The summed E-state index contributed by atoms with van der Waals surface area (Å²) >= 11 is 17.5. The van der Waals surface area contributed by atoms with Crippen LogP contribution in [0.25, 0.3) is 0 Å². The molecule has 1 heterocycles. The SMILES string of the molecule is O=C(Oc1ccc(C(=S)N2CCOCC2)cc1Cl)c1ccc(Cl)cc1[N+](=O)[O-]. The second kappa shape index (κ2) is 8.83. The topological polar surface area (TPSA) is 81.9 Å². The molecule has 3 rings (SSSR count). The largest absolute Gasteiger partial charge is 0.421 e. The van der Waals surface area contributed by atoms with Crippen LogP contribution in [0.2, 0.25) is 10.0 Å². The molecule has 2 aromatic carbocycles. The van der Waals surface area contributed by atoms with Crippen molar-refractivity contribution in [3.8, 4) is 5.75 Å². The number of carbonyl (C=O) groups is 1. The summed E-state index contributed by atoms with van der Waals surface area (Å²) in [6.45, 7) is 2.58. The van der Waals surface area contributed by atoms with E-state index in [-0.39, 0.29) is 21.4 Å². The molecule has 7 nitrogen and oxygen atoms in total. The van der Waals surface area contributed by atoms with E-state index in [4.69, 9.17) is 44.9 Å². The zero-order valence-corrected chi connectivity index (χ0v) is 16.7. The van der Waals surface area contributed by atoms with Gasteiger partial charge in [0.15, 0.2) is 0 Å². The number of rotatable bonds is 4. The highest BCUT2D eigenvalue weighted by molar-refractivity contribution is 7.80. The molecule has 0 N–H and O–H groups in total. The number of benzene rings is 2. The van der Waals surface area contributed by atoms with Crippen molar-refractivity contribution < 1.29 is 19.2 Å². The number of halogens is 2. The fourth-order valence-corrected chi connectivity index (χ4v) is 3.34. The first-order valence-corrected chi connectivity index (χ1v) is 9.36. The van der Waals surface area contributed by atoms with Gasteiger partial charge in [0.2, 0.25) is 0 Å². The fourth-order valence-electron chi connectivity index (χ4n) is 2.65. The van der Waals surface area contributed by atoms with Crippen LogP contribution < -0.4 is 4.74 Å². The highest BCUT2D eigenvalue weighted by Gasteiger charge is 2.23. The molecule has 0 aliphatic carbocycles. The number of nitro benzene ring substituents is 1. The third kappa shape index (κ3) is 4.59. The van der Waals surface area contributed by atoms with Gasteiger partial charge in [0.05, 0.1) is 23.2 Å². The molecule has 1 aliphatic rings. The molecule has 0 atom stereocenters. The van der Waals surface area contributed by atoms with Gasteiger partial charge in [-0.25, -0.2) is 4.79 Å². The predicted octanol–water partition coefficient (Wildman–Crippen LogP) is 4.13. The van der Waals surface area contributed by atoms with Gasteiger partial charge >= 0.3 is 5.97 Å². The molecule has 0 bridgehead atoms. The Bertz CT molecular complexity index is 948. The normalized spacial score (nSPS) is 13.9. The van der Waals surface area contributed by atoms with Gasteiger partial charge in [-0.15, -0.1) is 0 Å². The van der Waals surface area contributed by atoms with Crippen LogP contribution in [0.5, 0.6) is 5.75 Å². The molecule has 0 unspecified atom stereocenters. The molecule has 10 heteroatoms. The maximum Gasteiger partial charge on any atom is 0.350 e. The average Bonchev–Trinajstić information content (AvgIpc) is 2.69. The van der Waals surface area contributed by atoms with Crippen LogP contribution in [0.1, 0.15) is 15.9 Å². The van der Waals surface area contributed by atoms with Gasteiger partial charge < -0.3 is 14.4 Å². The maximum atomic E-state index is 12.4. The lowest BCUT2D eigenvalue weighted by Gasteiger charge is -2.29. The average molecular weight is 441 g/mol. The van der Waals surface area contributed by atoms with Gasteiger partial charge in [-0.1, -0.05) is 35.4 Å². The Balaban J connectivity index is 1.79. The van der Waals surface area contributed by atoms with Crippen LogP contribution in [-0.2, 0) is 4.74 Å². The summed E-state index contributed by atoms with van der Waals surface area (Å²) in [6, 6.07) is 8.48. The molecule has 1 aliphatic heterocycles. The zero-order chi connectivity index (χ0) is 20.3. The summed E-state index contributed by atoms with van der Waals surface area (Å²) in [7, 11) is 0. The lowest BCUT2D eigenvalue weighted by Crippen LogP contribution is -2.40. The highest BCUT2D eigenvalue weighted by atomic mass is 35.5. The Labute approximate surface area is 175 Å². The van der Waals surface area contributed by atoms with Gasteiger partial charge in [0, 0.05) is 29.7 Å². The van der Waals surface area contributed by atoms with Crippen molar-refractivity contribution in [3.63, 3.8) is 0 Å². The third-order valence-corrected chi connectivity index (χ3v) is 5.08. The van der Waals surface area contributed by atoms with E-state index in [2.05, 4.69) is 0 Å². The lowest BCUT2D eigenvalue weighted by atomic mass is 10.1. The monoisotopic (exact) mass is 440 g/mol. The minimum absolute atomic E-state index is 0.0736. The van der Waals surface area contributed by atoms with E-state index in [9.17, 15) is 14.9 Å². The van der Waals surface area contributed by atoms with E-state index in [1.807, 2.05) is 4.90 Å². The minimum Gasteiger partial charge on any atom is -0.421 e. The molecular weight excluding hydrogens is 427 g/mol. The summed E-state index contributed by atoms with van der Waals surface area (Å²) in [5.74, 6) is -0.835. The highest BCUT2D eigenvalue weighted by Crippen LogP contribution is 2.29. The quantitative estimate of drug-likeness (QED) is 0.232. The van der Waals surface area contributed by atoms with E-state index in [0.29, 0.717) is 36.9 Å². The Hall–Kier alpha value is -2.26. The molecule has 2 aromatic rings. The Morgan fingerprint density at radius 2 is 1.89 bits per heavy atom. The first-order chi connectivity index (χ1) is 13.4. The van der Waals surface area contributed by atoms with E-state index in [1.165, 1.54) is 18.2 Å². The Kier molecular flexibility index (Phi) is 6.46. The zero-order valence-electron chi connectivity index (χ0n) is 14.4. The van der Waals surface area contributed by atoms with E-state index in [0.717, 1.165) is 6.07 Å². The lowest BCUT2D eigenvalue weighted by molar-refractivity contribution is -0.385. The number of thiocarbonyl (C=S) groups is 1. The minimum atomic E-state index is -0.909.